The van der Waals surface area contributed by atoms with Crippen molar-refractivity contribution in [1.82, 2.24) is 15.4 Å². The number of hydrogen-bond acceptors (Lipinski definition) is 4. The maximum atomic E-state index is 14.6. The Morgan fingerprint density at radius 3 is 2.57 bits per heavy atom. The fourth-order valence-electron chi connectivity index (χ4n) is 2.96. The number of aromatic amines is 1. The lowest BCUT2D eigenvalue weighted by atomic mass is 10.0. The number of nitrogens with one attached hydrogen (secondary N) is 2. The third-order valence-corrected chi connectivity index (χ3v) is 4.34. The van der Waals surface area contributed by atoms with Crippen LogP contribution in [0, 0.1) is 11.6 Å². The first-order chi connectivity index (χ1) is 13.5. The molecule has 0 aliphatic carbocycles. The molecule has 0 saturated heterocycles. The number of phenolic OH excluding ortho intramolecular Hbond substituents is 1. The van der Waals surface area contributed by atoms with Crippen LogP contribution in [0.5, 0.6) is 5.75 Å². The van der Waals surface area contributed by atoms with Crippen molar-refractivity contribution in [2.75, 3.05) is 0 Å². The predicted molar refractivity (Wildman–Crippen MR) is 97.8 cm³/mol. The Labute approximate surface area is 157 Å². The largest absolute Gasteiger partial charge is 0.507 e. The van der Waals surface area contributed by atoms with E-state index in [2.05, 4.69) is 9.97 Å². The standard InChI is InChI=1S/C20H13F2N3O3/c21-12-3-6-18(26)14(9-12)13-4-1-10(7-15(13)22)19-23-16-5-2-11(20(27)25-28)8-17(16)24-19/h1-9,26,28H,(H,23,24)(H,25,27). The molecule has 140 valence electrons. The lowest BCUT2D eigenvalue weighted by molar-refractivity contribution is 0.0706. The summed E-state index contributed by atoms with van der Waals surface area (Å²) in [6.45, 7) is 0. The molecule has 0 fully saturated rings. The van der Waals surface area contributed by atoms with Gasteiger partial charge in [-0.3, -0.25) is 10.0 Å². The molecule has 28 heavy (non-hydrogen) atoms. The van der Waals surface area contributed by atoms with E-state index in [9.17, 15) is 18.7 Å². The van der Waals surface area contributed by atoms with Crippen molar-refractivity contribution in [3.05, 3.63) is 71.8 Å². The molecular weight excluding hydrogens is 368 g/mol. The van der Waals surface area contributed by atoms with Crippen molar-refractivity contribution in [3.63, 3.8) is 0 Å². The van der Waals surface area contributed by atoms with Gasteiger partial charge in [-0.2, -0.15) is 0 Å². The van der Waals surface area contributed by atoms with E-state index in [4.69, 9.17) is 5.21 Å². The van der Waals surface area contributed by atoms with Gasteiger partial charge in [0.2, 0.25) is 0 Å². The van der Waals surface area contributed by atoms with Crippen LogP contribution in [-0.4, -0.2) is 26.2 Å². The van der Waals surface area contributed by atoms with Gasteiger partial charge in [-0.1, -0.05) is 12.1 Å². The fraction of sp³-hybridized carbons (Fsp3) is 0. The minimum Gasteiger partial charge on any atom is -0.507 e. The van der Waals surface area contributed by atoms with Gasteiger partial charge < -0.3 is 10.1 Å². The summed E-state index contributed by atoms with van der Waals surface area (Å²) < 4.78 is 28.1. The Morgan fingerprint density at radius 2 is 1.82 bits per heavy atom. The minimum absolute atomic E-state index is 0.0494. The SMILES string of the molecule is O=C(NO)c1ccc2nc(-c3ccc(-c4cc(F)ccc4O)c(F)c3)[nH]c2c1. The molecule has 8 heteroatoms. The summed E-state index contributed by atoms with van der Waals surface area (Å²) in [5.41, 5.74) is 3.40. The molecule has 1 amide bonds. The number of carbonyl (C=O) groups is 1. The number of rotatable bonds is 3. The van der Waals surface area contributed by atoms with Gasteiger partial charge in [0.1, 0.15) is 23.2 Å². The highest BCUT2D eigenvalue weighted by Gasteiger charge is 2.14. The maximum Gasteiger partial charge on any atom is 0.274 e. The lowest BCUT2D eigenvalue weighted by Crippen LogP contribution is -2.18. The molecule has 0 bridgehead atoms. The zero-order chi connectivity index (χ0) is 19.8. The molecule has 0 spiro atoms. The summed E-state index contributed by atoms with van der Waals surface area (Å²) in [5, 5.41) is 18.6. The second-order valence-corrected chi connectivity index (χ2v) is 6.11. The third kappa shape index (κ3) is 3.06. The van der Waals surface area contributed by atoms with E-state index >= 15 is 0 Å². The van der Waals surface area contributed by atoms with E-state index in [1.54, 1.807) is 17.6 Å². The normalized spacial score (nSPS) is 11.0. The summed E-state index contributed by atoms with van der Waals surface area (Å²) in [5.74, 6) is -1.77. The van der Waals surface area contributed by atoms with Crippen molar-refractivity contribution >= 4 is 16.9 Å². The van der Waals surface area contributed by atoms with Crippen molar-refractivity contribution in [1.29, 1.82) is 0 Å². The number of hydroxylamine groups is 1. The number of nitrogens with zero attached hydrogens (tertiary/aromatic N) is 1. The number of amides is 1. The van der Waals surface area contributed by atoms with Gasteiger partial charge in [-0.25, -0.2) is 19.2 Å². The van der Waals surface area contributed by atoms with Crippen LogP contribution in [0.4, 0.5) is 8.78 Å². The molecule has 3 aromatic carbocycles. The van der Waals surface area contributed by atoms with Crippen LogP contribution in [-0.2, 0) is 0 Å². The number of benzene rings is 3. The molecule has 0 saturated carbocycles. The Kier molecular flexibility index (Phi) is 4.25. The van der Waals surface area contributed by atoms with E-state index < -0.39 is 17.5 Å². The average molecular weight is 381 g/mol. The smallest absolute Gasteiger partial charge is 0.274 e. The number of aromatic hydroxyl groups is 1. The van der Waals surface area contributed by atoms with E-state index in [0.717, 1.165) is 18.2 Å². The molecule has 0 aliphatic heterocycles. The predicted octanol–water partition coefficient (Wildman–Crippen LogP) is 4.00. The minimum atomic E-state index is -0.664. The van der Waals surface area contributed by atoms with Crippen LogP contribution in [0.25, 0.3) is 33.5 Å². The van der Waals surface area contributed by atoms with Gasteiger partial charge in [0.05, 0.1) is 11.0 Å². The molecule has 0 radical (unpaired) electrons. The number of hydrogen-bond donors (Lipinski definition) is 4. The lowest BCUT2D eigenvalue weighted by Gasteiger charge is -2.07. The van der Waals surface area contributed by atoms with Crippen molar-refractivity contribution in [2.45, 2.75) is 0 Å². The quantitative estimate of drug-likeness (QED) is 0.318. The number of aromatic nitrogens is 2. The Balaban J connectivity index is 1.75. The number of H-pyrrole nitrogens is 1. The summed E-state index contributed by atoms with van der Waals surface area (Å²) in [6, 6.07) is 12.1. The second-order valence-electron chi connectivity index (χ2n) is 6.11. The van der Waals surface area contributed by atoms with Crippen LogP contribution in [0.1, 0.15) is 10.4 Å². The Morgan fingerprint density at radius 1 is 1.00 bits per heavy atom. The van der Waals surface area contributed by atoms with Gasteiger partial charge in [0, 0.05) is 22.3 Å². The Bertz CT molecular complexity index is 1220. The Hall–Kier alpha value is -3.78. The van der Waals surface area contributed by atoms with Crippen LogP contribution in [0.2, 0.25) is 0 Å². The molecule has 0 atom stereocenters. The van der Waals surface area contributed by atoms with Gasteiger partial charge in [-0.15, -0.1) is 0 Å². The molecule has 0 aliphatic rings. The van der Waals surface area contributed by atoms with E-state index in [1.165, 1.54) is 24.3 Å². The molecule has 4 aromatic rings. The summed E-state index contributed by atoms with van der Waals surface area (Å²) in [7, 11) is 0. The van der Waals surface area contributed by atoms with E-state index in [1.807, 2.05) is 0 Å². The van der Waals surface area contributed by atoms with E-state index in [-0.39, 0.29) is 22.4 Å². The summed E-state index contributed by atoms with van der Waals surface area (Å²) in [6.07, 6.45) is 0. The first kappa shape index (κ1) is 17.6. The molecule has 4 N–H and O–H groups in total. The highest BCUT2D eigenvalue weighted by atomic mass is 19.1. The number of fused-ring (bicyclic) bond motifs is 1. The van der Waals surface area contributed by atoms with Crippen molar-refractivity contribution in [2.24, 2.45) is 0 Å². The van der Waals surface area contributed by atoms with Crippen molar-refractivity contribution < 1.29 is 23.9 Å². The number of halogens is 2. The van der Waals surface area contributed by atoms with Crippen molar-refractivity contribution in [3.8, 4) is 28.3 Å². The number of carbonyl (C=O) groups excluding carboxylic acids is 1. The monoisotopic (exact) mass is 381 g/mol. The van der Waals surface area contributed by atoms with Gasteiger partial charge in [0.15, 0.2) is 0 Å². The van der Waals surface area contributed by atoms with Crippen LogP contribution < -0.4 is 5.48 Å². The third-order valence-electron chi connectivity index (χ3n) is 4.34. The fourth-order valence-corrected chi connectivity index (χ4v) is 2.96. The van der Waals surface area contributed by atoms with Crippen LogP contribution >= 0.6 is 0 Å². The van der Waals surface area contributed by atoms with Gasteiger partial charge in [-0.05, 0) is 42.5 Å². The molecule has 4 rings (SSSR count). The highest BCUT2D eigenvalue weighted by Crippen LogP contribution is 2.33. The molecule has 0 unspecified atom stereocenters. The summed E-state index contributed by atoms with van der Waals surface area (Å²) >= 11 is 0. The molecule has 1 heterocycles. The number of imidazole rings is 1. The van der Waals surface area contributed by atoms with Crippen LogP contribution in [0.15, 0.2) is 54.6 Å². The zero-order valence-corrected chi connectivity index (χ0v) is 14.2. The first-order valence-corrected chi connectivity index (χ1v) is 8.19. The molecule has 1 aromatic heterocycles. The first-order valence-electron chi connectivity index (χ1n) is 8.19. The van der Waals surface area contributed by atoms with E-state index in [0.29, 0.717) is 22.4 Å². The summed E-state index contributed by atoms with van der Waals surface area (Å²) in [4.78, 5) is 18.9. The topological polar surface area (TPSA) is 98.2 Å². The van der Waals surface area contributed by atoms with Gasteiger partial charge >= 0.3 is 0 Å². The molecule has 6 nitrogen and oxygen atoms in total. The maximum absolute atomic E-state index is 14.6. The number of phenols is 1. The molecular formula is C20H13F2N3O3. The second kappa shape index (κ2) is 6.75. The van der Waals surface area contributed by atoms with Crippen LogP contribution in [0.3, 0.4) is 0 Å². The average Bonchev–Trinajstić information content (AvgIpc) is 3.12. The van der Waals surface area contributed by atoms with Gasteiger partial charge in [0.25, 0.3) is 5.91 Å². The zero-order valence-electron chi connectivity index (χ0n) is 14.2. The highest BCUT2D eigenvalue weighted by molar-refractivity contribution is 5.97.